The van der Waals surface area contributed by atoms with Gasteiger partial charge in [-0.1, -0.05) is 19.9 Å². The van der Waals surface area contributed by atoms with Crippen molar-refractivity contribution < 1.29 is 25.8 Å². The first-order valence-electron chi connectivity index (χ1n) is 9.39. The van der Waals surface area contributed by atoms with Crippen LogP contribution in [0.5, 0.6) is 5.75 Å². The minimum atomic E-state index is -5.66. The number of nitrogens with zero attached hydrogens (tertiary/aromatic N) is 1. The predicted molar refractivity (Wildman–Crippen MR) is 95.0 cm³/mol. The second-order valence-corrected chi connectivity index (χ2v) is 10.0. The molecule has 0 aromatic heterocycles. The van der Waals surface area contributed by atoms with Crippen molar-refractivity contribution in [1.82, 2.24) is 4.90 Å². The Balaban J connectivity index is 1.64. The van der Waals surface area contributed by atoms with Gasteiger partial charge in [-0.05, 0) is 72.7 Å². The van der Waals surface area contributed by atoms with Crippen molar-refractivity contribution in [3.05, 3.63) is 29.3 Å². The molecule has 4 rings (SSSR count). The number of fused-ring (bicyclic) bond motifs is 4. The predicted octanol–water partition coefficient (Wildman–Crippen LogP) is 3.85. The van der Waals surface area contributed by atoms with E-state index < -0.39 is 15.6 Å². The van der Waals surface area contributed by atoms with E-state index in [1.54, 1.807) is 6.07 Å². The normalized spacial score (nSPS) is 31.4. The lowest BCUT2D eigenvalue weighted by Crippen LogP contribution is -2.58. The molecule has 150 valence electrons. The van der Waals surface area contributed by atoms with E-state index in [2.05, 4.69) is 22.9 Å². The third-order valence-corrected chi connectivity index (χ3v) is 7.75. The molecule has 0 spiro atoms. The van der Waals surface area contributed by atoms with Gasteiger partial charge in [0.25, 0.3) is 0 Å². The Labute approximate surface area is 157 Å². The van der Waals surface area contributed by atoms with E-state index in [0.29, 0.717) is 12.0 Å². The molecule has 2 bridgehead atoms. The van der Waals surface area contributed by atoms with E-state index in [-0.39, 0.29) is 11.2 Å². The van der Waals surface area contributed by atoms with Crippen LogP contribution in [0.25, 0.3) is 0 Å². The number of piperidine rings is 1. The van der Waals surface area contributed by atoms with Crippen LogP contribution in [-0.4, -0.2) is 38.0 Å². The highest BCUT2D eigenvalue weighted by Crippen LogP contribution is 2.50. The summed E-state index contributed by atoms with van der Waals surface area (Å²) in [5.74, 6) is 0.886. The number of halogens is 3. The molecule has 2 fully saturated rings. The van der Waals surface area contributed by atoms with Gasteiger partial charge in [0, 0.05) is 12.6 Å². The lowest BCUT2D eigenvalue weighted by Gasteiger charge is -2.54. The van der Waals surface area contributed by atoms with Crippen molar-refractivity contribution in [1.29, 1.82) is 0 Å². The Kier molecular flexibility index (Phi) is 4.31. The lowest BCUT2D eigenvalue weighted by atomic mass is 9.59. The van der Waals surface area contributed by atoms with Crippen molar-refractivity contribution in [3.8, 4) is 5.75 Å². The van der Waals surface area contributed by atoms with Crippen molar-refractivity contribution in [2.45, 2.75) is 56.5 Å². The van der Waals surface area contributed by atoms with Crippen molar-refractivity contribution in [2.75, 3.05) is 13.1 Å². The van der Waals surface area contributed by atoms with Crippen molar-refractivity contribution in [2.24, 2.45) is 11.8 Å². The van der Waals surface area contributed by atoms with Gasteiger partial charge in [-0.3, -0.25) is 4.90 Å². The molecule has 1 aromatic carbocycles. The largest absolute Gasteiger partial charge is 0.534 e. The molecule has 1 heterocycles. The van der Waals surface area contributed by atoms with Crippen LogP contribution < -0.4 is 4.18 Å². The van der Waals surface area contributed by atoms with Gasteiger partial charge in [-0.25, -0.2) is 0 Å². The number of benzene rings is 1. The third-order valence-electron chi connectivity index (χ3n) is 6.77. The Morgan fingerprint density at radius 1 is 1.30 bits per heavy atom. The van der Waals surface area contributed by atoms with E-state index in [1.165, 1.54) is 25.0 Å². The maximum absolute atomic E-state index is 12.6. The van der Waals surface area contributed by atoms with Gasteiger partial charge in [-0.2, -0.15) is 21.6 Å². The molecule has 2 aliphatic carbocycles. The molecule has 1 saturated carbocycles. The fourth-order valence-corrected chi connectivity index (χ4v) is 5.22. The standard InChI is InChI=1S/C19H24F3NO3S/c1-12-17-9-14-5-6-15(26-27(24,25)19(20,21)22)10-16(14)18(12,2)7-8-23(17)11-13-3-4-13/h5-6,10,12-13,17H,3-4,7-9,11H2,1-2H3/t12-,17+,18+/m0/s1. The number of hydrogen-bond donors (Lipinski definition) is 0. The first-order valence-corrected chi connectivity index (χ1v) is 10.8. The van der Waals surface area contributed by atoms with Gasteiger partial charge < -0.3 is 4.18 Å². The zero-order valence-electron chi connectivity index (χ0n) is 15.4. The summed E-state index contributed by atoms with van der Waals surface area (Å²) in [4.78, 5) is 2.57. The van der Waals surface area contributed by atoms with Crippen LogP contribution in [0.4, 0.5) is 13.2 Å². The molecule has 0 amide bonds. The minimum Gasteiger partial charge on any atom is -0.376 e. The van der Waals surface area contributed by atoms with Gasteiger partial charge >= 0.3 is 15.6 Å². The summed E-state index contributed by atoms with van der Waals surface area (Å²) >= 11 is 0. The molecule has 4 nitrogen and oxygen atoms in total. The van der Waals surface area contributed by atoms with Crippen LogP contribution in [0.3, 0.4) is 0 Å². The molecular formula is C19H24F3NO3S. The number of alkyl halides is 3. The second-order valence-electron chi connectivity index (χ2n) is 8.47. The first kappa shape index (κ1) is 19.1. The first-order chi connectivity index (χ1) is 12.5. The Bertz CT molecular complexity index is 850. The lowest BCUT2D eigenvalue weighted by molar-refractivity contribution is -0.0500. The maximum atomic E-state index is 12.6. The van der Waals surface area contributed by atoms with Gasteiger partial charge in [-0.15, -0.1) is 0 Å². The smallest absolute Gasteiger partial charge is 0.376 e. The van der Waals surface area contributed by atoms with Gasteiger partial charge in [0.1, 0.15) is 5.75 Å². The molecule has 27 heavy (non-hydrogen) atoms. The van der Waals surface area contributed by atoms with Crippen molar-refractivity contribution >= 4 is 10.1 Å². The second kappa shape index (κ2) is 6.11. The molecule has 1 saturated heterocycles. The Morgan fingerprint density at radius 2 is 2.00 bits per heavy atom. The number of rotatable bonds is 4. The van der Waals surface area contributed by atoms with Crippen LogP contribution in [0.1, 0.15) is 44.2 Å². The number of likely N-dealkylation sites (tertiary alicyclic amines) is 1. The topological polar surface area (TPSA) is 46.6 Å². The zero-order valence-corrected chi connectivity index (χ0v) is 16.2. The third kappa shape index (κ3) is 3.24. The molecule has 0 radical (unpaired) electrons. The van der Waals surface area contributed by atoms with Crippen LogP contribution >= 0.6 is 0 Å². The van der Waals surface area contributed by atoms with E-state index in [9.17, 15) is 21.6 Å². The number of hydrogen-bond acceptors (Lipinski definition) is 4. The fourth-order valence-electron chi connectivity index (χ4n) is 4.77. The summed E-state index contributed by atoms with van der Waals surface area (Å²) in [5, 5.41) is 0. The molecule has 3 aliphatic rings. The van der Waals surface area contributed by atoms with Gasteiger partial charge in [0.15, 0.2) is 0 Å². The summed E-state index contributed by atoms with van der Waals surface area (Å²) in [7, 11) is -5.66. The van der Waals surface area contributed by atoms with E-state index in [0.717, 1.165) is 43.0 Å². The Hall–Kier alpha value is -1.28. The highest BCUT2D eigenvalue weighted by Gasteiger charge is 2.50. The minimum absolute atomic E-state index is 0.195. The molecule has 0 N–H and O–H groups in total. The van der Waals surface area contributed by atoms with Crippen LogP contribution in [0.2, 0.25) is 0 Å². The maximum Gasteiger partial charge on any atom is 0.534 e. The quantitative estimate of drug-likeness (QED) is 0.566. The highest BCUT2D eigenvalue weighted by molar-refractivity contribution is 7.88. The summed E-state index contributed by atoms with van der Waals surface area (Å²) in [6.07, 6.45) is 4.35. The van der Waals surface area contributed by atoms with Crippen LogP contribution in [0.15, 0.2) is 18.2 Å². The summed E-state index contributed by atoms with van der Waals surface area (Å²) in [6, 6.07) is 4.99. The highest BCUT2D eigenvalue weighted by atomic mass is 32.2. The average molecular weight is 403 g/mol. The van der Waals surface area contributed by atoms with Crippen LogP contribution in [0, 0.1) is 11.8 Å². The zero-order chi connectivity index (χ0) is 19.6. The van der Waals surface area contributed by atoms with Gasteiger partial charge in [0.05, 0.1) is 0 Å². The Morgan fingerprint density at radius 3 is 2.63 bits per heavy atom. The molecule has 3 atom stereocenters. The SMILES string of the molecule is C[C@H]1[C@H]2Cc3ccc(OS(=O)(=O)C(F)(F)F)cc3[C@]1(C)CCN2CC1CC1. The summed E-state index contributed by atoms with van der Waals surface area (Å²) in [6.45, 7) is 6.44. The molecule has 1 aliphatic heterocycles. The van der Waals surface area contributed by atoms with Crippen molar-refractivity contribution in [3.63, 3.8) is 0 Å². The van der Waals surface area contributed by atoms with E-state index in [1.807, 2.05) is 0 Å². The van der Waals surface area contributed by atoms with E-state index >= 15 is 0 Å². The average Bonchev–Trinajstić information content (AvgIpc) is 3.37. The van der Waals surface area contributed by atoms with E-state index in [4.69, 9.17) is 0 Å². The van der Waals surface area contributed by atoms with Gasteiger partial charge in [0.2, 0.25) is 0 Å². The summed E-state index contributed by atoms with van der Waals surface area (Å²) < 4.78 is 65.0. The van der Waals surface area contributed by atoms with Crippen LogP contribution in [-0.2, 0) is 22.0 Å². The molecule has 0 unspecified atom stereocenters. The fraction of sp³-hybridized carbons (Fsp3) is 0.684. The molecular weight excluding hydrogens is 379 g/mol. The monoisotopic (exact) mass is 403 g/mol. The molecule has 1 aromatic rings. The summed E-state index contributed by atoms with van der Waals surface area (Å²) in [5.41, 5.74) is -3.62. The molecule has 8 heteroatoms.